The second-order valence-electron chi connectivity index (χ2n) is 2.26. The zero-order chi connectivity index (χ0) is 9.68. The van der Waals surface area contributed by atoms with Crippen molar-refractivity contribution < 1.29 is 9.47 Å². The normalized spacial score (nSPS) is 8.62. The molecule has 0 atom stereocenters. The lowest BCUT2D eigenvalue weighted by Gasteiger charge is -2.06. The first-order valence-corrected chi connectivity index (χ1v) is 3.67. The van der Waals surface area contributed by atoms with Crippen LogP contribution in [-0.4, -0.2) is 7.11 Å². The van der Waals surface area contributed by atoms with Crippen molar-refractivity contribution in [1.82, 2.24) is 0 Å². The Balaban J connectivity index is 3.09. The monoisotopic (exact) mass is 175 g/mol. The molecule has 0 aromatic heterocycles. The van der Waals surface area contributed by atoms with E-state index >= 15 is 0 Å². The van der Waals surface area contributed by atoms with E-state index in [2.05, 4.69) is 6.58 Å². The van der Waals surface area contributed by atoms with E-state index in [1.54, 1.807) is 18.2 Å². The van der Waals surface area contributed by atoms with Crippen molar-refractivity contribution in [3.05, 3.63) is 36.6 Å². The first kappa shape index (κ1) is 9.14. The molecule has 1 aromatic rings. The fourth-order valence-electron chi connectivity index (χ4n) is 0.924. The molecule has 0 heterocycles. The maximum Gasteiger partial charge on any atom is 0.168 e. The summed E-state index contributed by atoms with van der Waals surface area (Å²) in [6.45, 7) is 3.43. The second-order valence-corrected chi connectivity index (χ2v) is 2.26. The van der Waals surface area contributed by atoms with E-state index in [1.165, 1.54) is 13.4 Å². The number of benzene rings is 1. The number of nitriles is 1. The summed E-state index contributed by atoms with van der Waals surface area (Å²) >= 11 is 0. The molecule has 0 aliphatic heterocycles. The zero-order valence-electron chi connectivity index (χ0n) is 7.28. The van der Waals surface area contributed by atoms with Crippen LogP contribution in [0.1, 0.15) is 5.56 Å². The molecule has 0 unspecified atom stereocenters. The number of nitrogens with zero attached hydrogens (tertiary/aromatic N) is 1. The highest BCUT2D eigenvalue weighted by Gasteiger charge is 2.03. The van der Waals surface area contributed by atoms with Gasteiger partial charge in [0.15, 0.2) is 11.5 Å². The summed E-state index contributed by atoms with van der Waals surface area (Å²) in [4.78, 5) is 0. The zero-order valence-corrected chi connectivity index (χ0v) is 7.28. The third-order valence-electron chi connectivity index (χ3n) is 1.50. The summed E-state index contributed by atoms with van der Waals surface area (Å²) in [6, 6.07) is 6.94. The fraction of sp³-hybridized carbons (Fsp3) is 0.100. The molecule has 0 radical (unpaired) electrons. The molecule has 1 aromatic carbocycles. The molecule has 3 heteroatoms. The van der Waals surface area contributed by atoms with Crippen LogP contribution in [0.4, 0.5) is 0 Å². The van der Waals surface area contributed by atoms with Crippen LogP contribution < -0.4 is 9.47 Å². The topological polar surface area (TPSA) is 42.2 Å². The van der Waals surface area contributed by atoms with Gasteiger partial charge in [-0.2, -0.15) is 5.26 Å². The quantitative estimate of drug-likeness (QED) is 0.660. The Kier molecular flexibility index (Phi) is 2.93. The van der Waals surface area contributed by atoms with Crippen molar-refractivity contribution in [2.75, 3.05) is 7.11 Å². The second kappa shape index (κ2) is 4.17. The Morgan fingerprint density at radius 1 is 1.46 bits per heavy atom. The van der Waals surface area contributed by atoms with Crippen molar-refractivity contribution in [3.63, 3.8) is 0 Å². The minimum Gasteiger partial charge on any atom is -0.493 e. The largest absolute Gasteiger partial charge is 0.493 e. The maximum absolute atomic E-state index is 8.61. The Morgan fingerprint density at radius 3 is 2.77 bits per heavy atom. The van der Waals surface area contributed by atoms with Gasteiger partial charge in [-0.15, -0.1) is 0 Å². The van der Waals surface area contributed by atoms with Gasteiger partial charge in [-0.05, 0) is 12.1 Å². The molecule has 66 valence electrons. The summed E-state index contributed by atoms with van der Waals surface area (Å²) < 4.78 is 10.1. The Morgan fingerprint density at radius 2 is 2.23 bits per heavy atom. The van der Waals surface area contributed by atoms with E-state index in [4.69, 9.17) is 14.7 Å². The SMILES string of the molecule is C=COc1ccc(C#N)cc1OC. The van der Waals surface area contributed by atoms with Crippen molar-refractivity contribution in [2.45, 2.75) is 0 Å². The number of ether oxygens (including phenoxy) is 2. The molecule has 0 N–H and O–H groups in total. The summed E-state index contributed by atoms with van der Waals surface area (Å²) in [7, 11) is 1.52. The molecule has 0 bridgehead atoms. The smallest absolute Gasteiger partial charge is 0.168 e. The van der Waals surface area contributed by atoms with Gasteiger partial charge in [-0.3, -0.25) is 0 Å². The van der Waals surface area contributed by atoms with Gasteiger partial charge in [-0.1, -0.05) is 6.58 Å². The van der Waals surface area contributed by atoms with E-state index in [0.29, 0.717) is 17.1 Å². The molecular formula is C10H9NO2. The third-order valence-corrected chi connectivity index (χ3v) is 1.50. The van der Waals surface area contributed by atoms with Gasteiger partial charge in [-0.25, -0.2) is 0 Å². The maximum atomic E-state index is 8.61. The predicted molar refractivity (Wildman–Crippen MR) is 48.5 cm³/mol. The van der Waals surface area contributed by atoms with Crippen LogP contribution >= 0.6 is 0 Å². The van der Waals surface area contributed by atoms with Crippen molar-refractivity contribution in [2.24, 2.45) is 0 Å². The minimum absolute atomic E-state index is 0.527. The molecule has 1 rings (SSSR count). The van der Waals surface area contributed by atoms with Crippen LogP contribution in [0.25, 0.3) is 0 Å². The number of methoxy groups -OCH3 is 1. The summed E-state index contributed by atoms with van der Waals surface area (Å²) in [5.41, 5.74) is 0.535. The molecule has 0 amide bonds. The molecular weight excluding hydrogens is 166 g/mol. The van der Waals surface area contributed by atoms with E-state index < -0.39 is 0 Å². The molecule has 0 saturated carbocycles. The first-order valence-electron chi connectivity index (χ1n) is 3.67. The number of hydrogen-bond donors (Lipinski definition) is 0. The third kappa shape index (κ3) is 2.00. The van der Waals surface area contributed by atoms with Crippen molar-refractivity contribution >= 4 is 0 Å². The molecule has 0 fully saturated rings. The molecule has 13 heavy (non-hydrogen) atoms. The molecule has 3 nitrogen and oxygen atoms in total. The molecule has 0 saturated heterocycles. The Hall–Kier alpha value is -1.95. The van der Waals surface area contributed by atoms with Crippen LogP contribution in [0.5, 0.6) is 11.5 Å². The average molecular weight is 175 g/mol. The van der Waals surface area contributed by atoms with E-state index in [9.17, 15) is 0 Å². The fourth-order valence-corrected chi connectivity index (χ4v) is 0.924. The first-order chi connectivity index (χ1) is 6.31. The van der Waals surface area contributed by atoms with Crippen molar-refractivity contribution in [3.8, 4) is 17.6 Å². The highest BCUT2D eigenvalue weighted by molar-refractivity contribution is 5.46. The van der Waals surface area contributed by atoms with Crippen LogP contribution in [-0.2, 0) is 0 Å². The lowest BCUT2D eigenvalue weighted by atomic mass is 10.2. The van der Waals surface area contributed by atoms with Crippen LogP contribution in [0, 0.1) is 11.3 Å². The van der Waals surface area contributed by atoms with E-state index in [-0.39, 0.29) is 0 Å². The van der Waals surface area contributed by atoms with E-state index in [1.807, 2.05) is 6.07 Å². The standard InChI is InChI=1S/C10H9NO2/c1-3-13-9-5-4-8(7-11)6-10(9)12-2/h3-6H,1H2,2H3. The highest BCUT2D eigenvalue weighted by Crippen LogP contribution is 2.27. The van der Waals surface area contributed by atoms with Gasteiger partial charge >= 0.3 is 0 Å². The Bertz CT molecular complexity index is 352. The Labute approximate surface area is 76.8 Å². The summed E-state index contributed by atoms with van der Waals surface area (Å²) in [6.07, 6.45) is 1.31. The van der Waals surface area contributed by atoms with Gasteiger partial charge < -0.3 is 9.47 Å². The predicted octanol–water partition coefficient (Wildman–Crippen LogP) is 2.09. The molecule has 0 aliphatic carbocycles. The average Bonchev–Trinajstić information content (AvgIpc) is 2.19. The van der Waals surface area contributed by atoms with Crippen molar-refractivity contribution in [1.29, 1.82) is 5.26 Å². The summed E-state index contributed by atoms with van der Waals surface area (Å²) in [5, 5.41) is 8.61. The van der Waals surface area contributed by atoms with E-state index in [0.717, 1.165) is 0 Å². The van der Waals surface area contributed by atoms with Crippen LogP contribution in [0.2, 0.25) is 0 Å². The molecule has 0 aliphatic rings. The summed E-state index contributed by atoms with van der Waals surface area (Å²) in [5.74, 6) is 1.08. The van der Waals surface area contributed by atoms with Gasteiger partial charge in [0.05, 0.1) is 25.0 Å². The van der Waals surface area contributed by atoms with Gasteiger partial charge in [0.1, 0.15) is 0 Å². The van der Waals surface area contributed by atoms with Gasteiger partial charge in [0, 0.05) is 6.07 Å². The number of rotatable bonds is 3. The van der Waals surface area contributed by atoms with Crippen LogP contribution in [0.3, 0.4) is 0 Å². The highest BCUT2D eigenvalue weighted by atomic mass is 16.5. The lowest BCUT2D eigenvalue weighted by molar-refractivity contribution is 0.378. The molecule has 0 spiro atoms. The minimum atomic E-state index is 0.527. The van der Waals surface area contributed by atoms with Gasteiger partial charge in [0.25, 0.3) is 0 Å². The van der Waals surface area contributed by atoms with Crippen LogP contribution in [0.15, 0.2) is 31.0 Å². The lowest BCUT2D eigenvalue weighted by Crippen LogP contribution is -1.89. The van der Waals surface area contributed by atoms with Gasteiger partial charge in [0.2, 0.25) is 0 Å². The number of hydrogen-bond acceptors (Lipinski definition) is 3.